The Labute approximate surface area is 154 Å². The Bertz CT molecular complexity index is 814. The molecule has 3 rings (SSSR count). The molecule has 2 aromatic heterocycles. The molecule has 7 nitrogen and oxygen atoms in total. The third kappa shape index (κ3) is 5.06. The lowest BCUT2D eigenvalue weighted by Crippen LogP contribution is -2.10. The van der Waals surface area contributed by atoms with Gasteiger partial charge in [-0.05, 0) is 42.6 Å². The highest BCUT2D eigenvalue weighted by molar-refractivity contribution is 7.08. The molecule has 26 heavy (non-hydrogen) atoms. The molecule has 3 aromatic rings. The third-order valence-electron chi connectivity index (χ3n) is 3.31. The van der Waals surface area contributed by atoms with E-state index in [2.05, 4.69) is 10.1 Å². The van der Waals surface area contributed by atoms with Crippen molar-refractivity contribution < 1.29 is 23.5 Å². The molecule has 0 N–H and O–H groups in total. The van der Waals surface area contributed by atoms with Gasteiger partial charge in [-0.2, -0.15) is 16.3 Å². The molecule has 0 aliphatic rings. The predicted octanol–water partition coefficient (Wildman–Crippen LogP) is 3.71. The zero-order valence-corrected chi connectivity index (χ0v) is 15.0. The molecular formula is C18H18N2O5S. The van der Waals surface area contributed by atoms with Gasteiger partial charge in [0, 0.05) is 5.38 Å². The van der Waals surface area contributed by atoms with Crippen LogP contribution in [0.4, 0.5) is 0 Å². The average molecular weight is 374 g/mol. The van der Waals surface area contributed by atoms with Crippen LogP contribution < -0.4 is 9.47 Å². The maximum absolute atomic E-state index is 11.8. The summed E-state index contributed by atoms with van der Waals surface area (Å²) in [4.78, 5) is 16.0. The van der Waals surface area contributed by atoms with Crippen LogP contribution in [0.25, 0.3) is 11.5 Å². The second kappa shape index (κ2) is 9.00. The summed E-state index contributed by atoms with van der Waals surface area (Å²) >= 11 is 1.54. The van der Waals surface area contributed by atoms with Crippen LogP contribution in [-0.4, -0.2) is 29.3 Å². The first-order valence-electron chi connectivity index (χ1n) is 8.11. The number of thiophene rings is 1. The fraction of sp³-hybridized carbons (Fsp3) is 0.278. The molecular weight excluding hydrogens is 356 g/mol. The van der Waals surface area contributed by atoms with Gasteiger partial charge in [0.25, 0.3) is 5.89 Å². The number of esters is 1. The second-order valence-electron chi connectivity index (χ2n) is 5.19. The highest BCUT2D eigenvalue weighted by atomic mass is 32.1. The highest BCUT2D eigenvalue weighted by Gasteiger charge is 2.11. The number of nitrogens with zero attached hydrogens (tertiary/aromatic N) is 2. The molecule has 0 fully saturated rings. The number of carbonyl (C=O) groups excluding carboxylic acids is 1. The average Bonchev–Trinajstić information content (AvgIpc) is 3.33. The summed E-state index contributed by atoms with van der Waals surface area (Å²) in [6.45, 7) is 2.73. The molecule has 136 valence electrons. The third-order valence-corrected chi connectivity index (χ3v) is 3.99. The minimum absolute atomic E-state index is 0.0322. The summed E-state index contributed by atoms with van der Waals surface area (Å²) in [5.41, 5.74) is 0.851. The van der Waals surface area contributed by atoms with E-state index < -0.39 is 5.97 Å². The lowest BCUT2D eigenvalue weighted by atomic mass is 10.3. The molecule has 8 heteroatoms. The Balaban J connectivity index is 1.38. The maximum Gasteiger partial charge on any atom is 0.309 e. The van der Waals surface area contributed by atoms with Crippen molar-refractivity contribution in [2.24, 2.45) is 0 Å². The first kappa shape index (κ1) is 17.9. The zero-order chi connectivity index (χ0) is 18.2. The lowest BCUT2D eigenvalue weighted by molar-refractivity contribution is -0.145. The second-order valence-corrected chi connectivity index (χ2v) is 5.97. The largest absolute Gasteiger partial charge is 0.494 e. The van der Waals surface area contributed by atoms with Crippen LogP contribution in [0.3, 0.4) is 0 Å². The van der Waals surface area contributed by atoms with E-state index in [0.29, 0.717) is 24.1 Å². The Kier molecular flexibility index (Phi) is 6.21. The van der Waals surface area contributed by atoms with Gasteiger partial charge in [-0.15, -0.1) is 0 Å². The van der Waals surface area contributed by atoms with Crippen molar-refractivity contribution in [2.75, 3.05) is 13.2 Å². The van der Waals surface area contributed by atoms with Gasteiger partial charge in [-0.1, -0.05) is 5.16 Å². The van der Waals surface area contributed by atoms with Crippen LogP contribution in [0.5, 0.6) is 11.5 Å². The number of aromatic nitrogens is 2. The van der Waals surface area contributed by atoms with Crippen molar-refractivity contribution in [3.8, 4) is 23.0 Å². The standard InChI is InChI=1S/C18H18N2O5S/c1-2-22-14-3-5-15(6-4-14)23-9-7-17(21)24-11-16-19-18(25-20-16)13-8-10-26-12-13/h3-6,8,10,12H,2,7,9,11H2,1H3. The summed E-state index contributed by atoms with van der Waals surface area (Å²) in [5, 5.41) is 7.62. The normalized spacial score (nSPS) is 10.5. The van der Waals surface area contributed by atoms with Crippen LogP contribution in [0, 0.1) is 0 Å². The molecule has 0 radical (unpaired) electrons. The maximum atomic E-state index is 11.8. The van der Waals surface area contributed by atoms with E-state index in [9.17, 15) is 4.79 Å². The van der Waals surface area contributed by atoms with E-state index in [4.69, 9.17) is 18.7 Å². The molecule has 0 amide bonds. The van der Waals surface area contributed by atoms with Gasteiger partial charge >= 0.3 is 5.97 Å². The molecule has 0 unspecified atom stereocenters. The number of hydrogen-bond acceptors (Lipinski definition) is 8. The smallest absolute Gasteiger partial charge is 0.309 e. The Morgan fingerprint density at radius 3 is 2.62 bits per heavy atom. The monoisotopic (exact) mass is 374 g/mol. The van der Waals surface area contributed by atoms with E-state index >= 15 is 0 Å². The Morgan fingerprint density at radius 2 is 1.92 bits per heavy atom. The minimum atomic E-state index is -0.391. The fourth-order valence-corrected chi connectivity index (χ4v) is 2.71. The molecule has 1 aromatic carbocycles. The van der Waals surface area contributed by atoms with Crippen molar-refractivity contribution in [3.63, 3.8) is 0 Å². The van der Waals surface area contributed by atoms with Crippen molar-refractivity contribution >= 4 is 17.3 Å². The first-order valence-corrected chi connectivity index (χ1v) is 9.05. The van der Waals surface area contributed by atoms with Crippen molar-refractivity contribution in [2.45, 2.75) is 20.0 Å². The Morgan fingerprint density at radius 1 is 1.15 bits per heavy atom. The number of hydrogen-bond donors (Lipinski definition) is 0. The summed E-state index contributed by atoms with van der Waals surface area (Å²) < 4.78 is 21.1. The van der Waals surface area contributed by atoms with Gasteiger partial charge in [0.05, 0.1) is 25.2 Å². The summed E-state index contributed by atoms with van der Waals surface area (Å²) in [6, 6.07) is 9.10. The lowest BCUT2D eigenvalue weighted by Gasteiger charge is -2.07. The Hall–Kier alpha value is -2.87. The number of rotatable bonds is 9. The summed E-state index contributed by atoms with van der Waals surface area (Å²) in [5.74, 6) is 1.79. The highest BCUT2D eigenvalue weighted by Crippen LogP contribution is 2.20. The summed E-state index contributed by atoms with van der Waals surface area (Å²) in [6.07, 6.45) is 0.127. The summed E-state index contributed by atoms with van der Waals surface area (Å²) in [7, 11) is 0. The number of benzene rings is 1. The van der Waals surface area contributed by atoms with E-state index in [1.165, 1.54) is 11.3 Å². The number of ether oxygens (including phenoxy) is 3. The van der Waals surface area contributed by atoms with Crippen molar-refractivity contribution in [3.05, 3.63) is 46.9 Å². The molecule has 0 atom stereocenters. The molecule has 0 aliphatic carbocycles. The number of carbonyl (C=O) groups is 1. The van der Waals surface area contributed by atoms with E-state index in [1.54, 1.807) is 12.1 Å². The fourth-order valence-electron chi connectivity index (χ4n) is 2.08. The molecule has 0 saturated heterocycles. The molecule has 0 saturated carbocycles. The van der Waals surface area contributed by atoms with Crippen LogP contribution >= 0.6 is 11.3 Å². The topological polar surface area (TPSA) is 83.7 Å². The molecule has 0 bridgehead atoms. The molecule has 0 spiro atoms. The van der Waals surface area contributed by atoms with Crippen molar-refractivity contribution in [1.29, 1.82) is 0 Å². The SMILES string of the molecule is CCOc1ccc(OCCC(=O)OCc2noc(-c3ccsc3)n2)cc1. The van der Waals surface area contributed by atoms with Gasteiger partial charge in [0.1, 0.15) is 11.5 Å². The quantitative estimate of drug-likeness (QED) is 0.528. The van der Waals surface area contributed by atoms with Crippen molar-refractivity contribution in [1.82, 2.24) is 10.1 Å². The van der Waals surface area contributed by atoms with Gasteiger partial charge < -0.3 is 18.7 Å². The predicted molar refractivity (Wildman–Crippen MR) is 95.1 cm³/mol. The minimum Gasteiger partial charge on any atom is -0.494 e. The van der Waals surface area contributed by atoms with Crippen LogP contribution in [0.1, 0.15) is 19.2 Å². The zero-order valence-electron chi connectivity index (χ0n) is 14.2. The van der Waals surface area contributed by atoms with E-state index in [-0.39, 0.29) is 19.6 Å². The first-order chi connectivity index (χ1) is 12.7. The van der Waals surface area contributed by atoms with Gasteiger partial charge in [0.15, 0.2) is 6.61 Å². The van der Waals surface area contributed by atoms with Crippen LogP contribution in [-0.2, 0) is 16.1 Å². The van der Waals surface area contributed by atoms with Gasteiger partial charge in [-0.25, -0.2) is 0 Å². The van der Waals surface area contributed by atoms with Gasteiger partial charge in [-0.3, -0.25) is 4.79 Å². The van der Waals surface area contributed by atoms with E-state index in [1.807, 2.05) is 35.9 Å². The van der Waals surface area contributed by atoms with E-state index in [0.717, 1.165) is 11.3 Å². The van der Waals surface area contributed by atoms with Gasteiger partial charge in [0.2, 0.25) is 5.82 Å². The van der Waals surface area contributed by atoms with Crippen LogP contribution in [0.15, 0.2) is 45.6 Å². The molecule has 0 aliphatic heterocycles. The van der Waals surface area contributed by atoms with Crippen LogP contribution in [0.2, 0.25) is 0 Å². The molecule has 2 heterocycles.